The lowest BCUT2D eigenvalue weighted by Gasteiger charge is -2.04. The lowest BCUT2D eigenvalue weighted by molar-refractivity contribution is 0.0712. The van der Waals surface area contributed by atoms with Gasteiger partial charge >= 0.3 is 0 Å². The molecule has 0 heterocycles. The molecule has 0 aliphatic heterocycles. The van der Waals surface area contributed by atoms with Crippen molar-refractivity contribution in [3.05, 3.63) is 29.8 Å². The molecule has 1 atom stereocenters. The van der Waals surface area contributed by atoms with Gasteiger partial charge in [-0.3, -0.25) is 0 Å². The highest BCUT2D eigenvalue weighted by molar-refractivity contribution is 5.79. The molecule has 0 saturated heterocycles. The average Bonchev–Trinajstić information content (AvgIpc) is 2.29. The Balaban J connectivity index is 2.49. The van der Waals surface area contributed by atoms with Gasteiger partial charge in [-0.2, -0.15) is 0 Å². The lowest BCUT2D eigenvalue weighted by Crippen LogP contribution is -2.01. The Hall–Kier alpha value is -1.51. The molecule has 0 saturated carbocycles. The van der Waals surface area contributed by atoms with E-state index in [1.165, 1.54) is 0 Å². The predicted molar refractivity (Wildman–Crippen MR) is 60.4 cm³/mol. The molecule has 1 rings (SSSR count). The van der Waals surface area contributed by atoms with Crippen molar-refractivity contribution in [3.63, 3.8) is 0 Å². The predicted octanol–water partition coefficient (Wildman–Crippen LogP) is 2.72. The first-order chi connectivity index (χ1) is 7.26. The minimum Gasteiger partial charge on any atom is -0.497 e. The van der Waals surface area contributed by atoms with E-state index in [9.17, 15) is 0 Å². The Kier molecular flexibility index (Phi) is 4.68. The summed E-state index contributed by atoms with van der Waals surface area (Å²) in [5, 5.41) is 3.78. The molecule has 0 aromatic heterocycles. The number of methoxy groups -OCH3 is 1. The van der Waals surface area contributed by atoms with Gasteiger partial charge in [0.05, 0.1) is 7.11 Å². The molecule has 0 spiro atoms. The number of nitrogens with zero attached hydrogens (tertiary/aromatic N) is 1. The summed E-state index contributed by atoms with van der Waals surface area (Å²) in [6.07, 6.45) is 3.88. The summed E-state index contributed by atoms with van der Waals surface area (Å²) in [6.45, 7) is 4.02. The van der Waals surface area contributed by atoms with Crippen LogP contribution in [0.25, 0.3) is 0 Å². The van der Waals surface area contributed by atoms with E-state index >= 15 is 0 Å². The third-order valence-electron chi connectivity index (χ3n) is 2.07. The van der Waals surface area contributed by atoms with Gasteiger partial charge in [-0.1, -0.05) is 12.1 Å². The van der Waals surface area contributed by atoms with E-state index in [-0.39, 0.29) is 6.10 Å². The second-order valence-corrected chi connectivity index (χ2v) is 3.26. The molecular formula is C12H16NO2. The molecule has 3 heteroatoms. The highest BCUT2D eigenvalue weighted by Crippen LogP contribution is 2.09. The molecule has 81 valence electrons. The Morgan fingerprint density at radius 1 is 1.33 bits per heavy atom. The van der Waals surface area contributed by atoms with Gasteiger partial charge < -0.3 is 9.57 Å². The molecule has 0 aliphatic carbocycles. The van der Waals surface area contributed by atoms with Gasteiger partial charge in [0, 0.05) is 5.56 Å². The maximum absolute atomic E-state index is 5.13. The van der Waals surface area contributed by atoms with Gasteiger partial charge in [-0.25, -0.2) is 0 Å². The maximum atomic E-state index is 5.13. The smallest absolute Gasteiger partial charge is 0.139 e. The minimum atomic E-state index is 0.135. The summed E-state index contributed by atoms with van der Waals surface area (Å²) in [7, 11) is 1.64. The summed E-state index contributed by atoms with van der Waals surface area (Å²) in [6, 6.07) is 7.48. The van der Waals surface area contributed by atoms with Gasteiger partial charge in [0.15, 0.2) is 0 Å². The van der Waals surface area contributed by atoms with Crippen molar-refractivity contribution >= 4 is 6.21 Å². The summed E-state index contributed by atoms with van der Waals surface area (Å²) in [4.78, 5) is 5.13. The van der Waals surface area contributed by atoms with Crippen molar-refractivity contribution in [1.82, 2.24) is 0 Å². The number of hydrogen-bond acceptors (Lipinski definition) is 3. The molecule has 0 bridgehead atoms. The molecule has 0 fully saturated rings. The normalized spacial score (nSPS) is 12.7. The zero-order chi connectivity index (χ0) is 11.1. The van der Waals surface area contributed by atoms with Crippen LogP contribution in [0.5, 0.6) is 5.75 Å². The quantitative estimate of drug-likeness (QED) is 0.548. The molecule has 1 unspecified atom stereocenters. The standard InChI is InChI=1S/C12H16NO2/c1-4-10(2)15-13-9-11-5-7-12(14-3)8-6-11/h5-8,10H,4H2,1-3H3. The molecule has 0 amide bonds. The minimum absolute atomic E-state index is 0.135. The fraction of sp³-hybridized carbons (Fsp3) is 0.417. The van der Waals surface area contributed by atoms with Crippen LogP contribution in [-0.2, 0) is 4.84 Å². The summed E-state index contributed by atoms with van der Waals surface area (Å²) in [5.74, 6) is 0.823. The van der Waals surface area contributed by atoms with Crippen LogP contribution in [0.3, 0.4) is 0 Å². The second kappa shape index (κ2) is 6.06. The Bertz CT molecular complexity index is 306. The lowest BCUT2D eigenvalue weighted by atomic mass is 10.2. The van der Waals surface area contributed by atoms with Crippen LogP contribution < -0.4 is 4.74 Å². The largest absolute Gasteiger partial charge is 0.497 e. The molecule has 1 aromatic carbocycles. The number of ether oxygens (including phenoxy) is 1. The van der Waals surface area contributed by atoms with Crippen LogP contribution in [0, 0.1) is 0 Å². The van der Waals surface area contributed by atoms with Gasteiger partial charge in [0.2, 0.25) is 0 Å². The van der Waals surface area contributed by atoms with Gasteiger partial charge in [-0.15, -0.1) is 0 Å². The van der Waals surface area contributed by atoms with Crippen LogP contribution in [0.1, 0.15) is 25.8 Å². The summed E-state index contributed by atoms with van der Waals surface area (Å²) >= 11 is 0. The van der Waals surface area contributed by atoms with Gasteiger partial charge in [-0.05, 0) is 37.6 Å². The fourth-order valence-corrected chi connectivity index (χ4v) is 0.909. The molecule has 1 aromatic rings. The first-order valence-corrected chi connectivity index (χ1v) is 5.02. The fourth-order valence-electron chi connectivity index (χ4n) is 0.909. The van der Waals surface area contributed by atoms with E-state index in [2.05, 4.69) is 11.4 Å². The molecule has 15 heavy (non-hydrogen) atoms. The zero-order valence-electron chi connectivity index (χ0n) is 9.36. The Labute approximate surface area is 90.7 Å². The second-order valence-electron chi connectivity index (χ2n) is 3.26. The monoisotopic (exact) mass is 206 g/mol. The molecule has 1 radical (unpaired) electrons. The van der Waals surface area contributed by atoms with E-state index < -0.39 is 0 Å². The third-order valence-corrected chi connectivity index (χ3v) is 2.07. The van der Waals surface area contributed by atoms with E-state index in [0.29, 0.717) is 0 Å². The Morgan fingerprint density at radius 3 is 2.53 bits per heavy atom. The molecule has 0 aliphatic rings. The first kappa shape index (κ1) is 11.6. The highest BCUT2D eigenvalue weighted by atomic mass is 16.6. The topological polar surface area (TPSA) is 30.8 Å². The van der Waals surface area contributed by atoms with Crippen LogP contribution in [0.4, 0.5) is 0 Å². The van der Waals surface area contributed by atoms with Crippen molar-refractivity contribution in [2.45, 2.75) is 26.4 Å². The maximum Gasteiger partial charge on any atom is 0.139 e. The van der Waals surface area contributed by atoms with E-state index in [1.807, 2.05) is 38.1 Å². The van der Waals surface area contributed by atoms with Crippen LogP contribution in [0.2, 0.25) is 0 Å². The molecule has 0 N–H and O–H groups in total. The summed E-state index contributed by atoms with van der Waals surface area (Å²) < 4.78 is 5.04. The van der Waals surface area contributed by atoms with Crippen molar-refractivity contribution in [2.24, 2.45) is 5.16 Å². The van der Waals surface area contributed by atoms with Gasteiger partial charge in [0.25, 0.3) is 0 Å². The number of benzene rings is 1. The van der Waals surface area contributed by atoms with Crippen molar-refractivity contribution in [2.75, 3.05) is 7.11 Å². The summed E-state index contributed by atoms with van der Waals surface area (Å²) in [5.41, 5.74) is 0.874. The van der Waals surface area contributed by atoms with Crippen LogP contribution >= 0.6 is 0 Å². The van der Waals surface area contributed by atoms with Crippen molar-refractivity contribution < 1.29 is 9.57 Å². The van der Waals surface area contributed by atoms with Crippen LogP contribution in [-0.4, -0.2) is 19.4 Å². The first-order valence-electron chi connectivity index (χ1n) is 5.02. The van der Waals surface area contributed by atoms with Crippen molar-refractivity contribution in [1.29, 1.82) is 0 Å². The van der Waals surface area contributed by atoms with E-state index in [1.54, 1.807) is 7.11 Å². The highest BCUT2D eigenvalue weighted by Gasteiger charge is 1.96. The average molecular weight is 206 g/mol. The Morgan fingerprint density at radius 2 is 2.00 bits per heavy atom. The number of rotatable bonds is 5. The van der Waals surface area contributed by atoms with Crippen LogP contribution in [0.15, 0.2) is 29.4 Å². The van der Waals surface area contributed by atoms with Gasteiger partial charge in [0.1, 0.15) is 18.1 Å². The SMILES string of the molecule is CCC(C)O/N=[C]/c1ccc(OC)cc1. The zero-order valence-corrected chi connectivity index (χ0v) is 9.36. The molecular weight excluding hydrogens is 190 g/mol. The van der Waals surface area contributed by atoms with Crippen molar-refractivity contribution in [3.8, 4) is 5.75 Å². The third kappa shape index (κ3) is 4.02. The van der Waals surface area contributed by atoms with E-state index in [4.69, 9.17) is 9.57 Å². The molecule has 3 nitrogen and oxygen atoms in total. The number of hydrogen-bond donors (Lipinski definition) is 0. The van der Waals surface area contributed by atoms with E-state index in [0.717, 1.165) is 17.7 Å².